The lowest BCUT2D eigenvalue weighted by molar-refractivity contribution is -0.132. The van der Waals surface area contributed by atoms with Gasteiger partial charge in [0.25, 0.3) is 0 Å². The van der Waals surface area contributed by atoms with Crippen LogP contribution in [0.15, 0.2) is 11.6 Å². The summed E-state index contributed by atoms with van der Waals surface area (Å²) in [4.78, 5) is 24.4. The van der Waals surface area contributed by atoms with E-state index in [0.29, 0.717) is 29.3 Å². The second kappa shape index (κ2) is 5.57. The Morgan fingerprint density at radius 1 is 1.17 bits per heavy atom. The fourth-order valence-corrected chi connectivity index (χ4v) is 6.82. The van der Waals surface area contributed by atoms with Crippen molar-refractivity contribution in [2.75, 3.05) is 0 Å². The maximum absolute atomic E-state index is 12.5. The molecule has 4 aliphatic carbocycles. The summed E-state index contributed by atoms with van der Waals surface area (Å²) in [6, 6.07) is 0. The van der Waals surface area contributed by atoms with Gasteiger partial charge >= 0.3 is 0 Å². The smallest absolute Gasteiger partial charge is 0.155 e. The van der Waals surface area contributed by atoms with Gasteiger partial charge in [-0.2, -0.15) is 0 Å². The topological polar surface area (TPSA) is 34.1 Å². The Hall–Kier alpha value is -0.920. The van der Waals surface area contributed by atoms with Crippen molar-refractivity contribution in [3.63, 3.8) is 0 Å². The number of carbonyl (C=O) groups excluding carboxylic acids is 2. The predicted octanol–water partition coefficient (Wildman–Crippen LogP) is 4.72. The third kappa shape index (κ3) is 2.27. The molecule has 2 heteroatoms. The number of Topliss-reactive ketones (excluding diaryl/α,β-unsaturated/α-hetero) is 1. The van der Waals surface area contributed by atoms with Gasteiger partial charge in [0.1, 0.15) is 5.78 Å². The molecule has 3 fully saturated rings. The van der Waals surface area contributed by atoms with Gasteiger partial charge in [-0.15, -0.1) is 0 Å². The normalized spacial score (nSPS) is 46.0. The summed E-state index contributed by atoms with van der Waals surface area (Å²) in [6.45, 7) is 4.55. The molecule has 0 amide bonds. The highest BCUT2D eigenvalue weighted by atomic mass is 16.1. The summed E-state index contributed by atoms with van der Waals surface area (Å²) < 4.78 is 0. The van der Waals surface area contributed by atoms with Crippen molar-refractivity contribution in [1.29, 1.82) is 0 Å². The molecule has 0 aromatic rings. The molecular formula is C21H30O2. The number of rotatable bonds is 2. The largest absolute Gasteiger partial charge is 0.299 e. The van der Waals surface area contributed by atoms with Gasteiger partial charge in [-0.1, -0.05) is 32.3 Å². The Bertz CT molecular complexity index is 560. The monoisotopic (exact) mass is 314 g/mol. The van der Waals surface area contributed by atoms with Crippen LogP contribution in [0.1, 0.15) is 71.6 Å². The number of ketones is 2. The highest BCUT2D eigenvalue weighted by Crippen LogP contribution is 2.62. The summed E-state index contributed by atoms with van der Waals surface area (Å²) >= 11 is 0. The SMILES string of the molecule is CCC[C@@H]1CC2=CC(=O)CCC2C2CC[C@]3(C)C(=O)CCC3C21. The molecule has 0 spiro atoms. The van der Waals surface area contributed by atoms with E-state index in [1.807, 2.05) is 6.08 Å². The van der Waals surface area contributed by atoms with Crippen molar-refractivity contribution in [1.82, 2.24) is 0 Å². The van der Waals surface area contributed by atoms with E-state index in [1.165, 1.54) is 24.8 Å². The molecule has 126 valence electrons. The molecule has 0 aromatic carbocycles. The first-order chi connectivity index (χ1) is 11.0. The summed E-state index contributed by atoms with van der Waals surface area (Å²) in [6.07, 6.45) is 11.7. The molecule has 2 nitrogen and oxygen atoms in total. The van der Waals surface area contributed by atoms with Crippen LogP contribution in [-0.2, 0) is 9.59 Å². The Balaban J connectivity index is 1.70. The van der Waals surface area contributed by atoms with Gasteiger partial charge in [0, 0.05) is 18.3 Å². The van der Waals surface area contributed by atoms with Gasteiger partial charge in [0.15, 0.2) is 5.78 Å². The molecule has 0 aliphatic heterocycles. The number of hydrogen-bond acceptors (Lipinski definition) is 2. The van der Waals surface area contributed by atoms with E-state index in [1.54, 1.807) is 0 Å². The first-order valence-electron chi connectivity index (χ1n) is 9.81. The molecule has 4 unspecified atom stereocenters. The van der Waals surface area contributed by atoms with Gasteiger partial charge in [0.2, 0.25) is 0 Å². The zero-order valence-corrected chi connectivity index (χ0v) is 14.6. The first kappa shape index (κ1) is 15.6. The van der Waals surface area contributed by atoms with E-state index in [-0.39, 0.29) is 5.41 Å². The number of hydrogen-bond donors (Lipinski definition) is 0. The van der Waals surface area contributed by atoms with E-state index >= 15 is 0 Å². The van der Waals surface area contributed by atoms with Crippen molar-refractivity contribution in [3.05, 3.63) is 11.6 Å². The molecule has 4 rings (SSSR count). The molecule has 0 bridgehead atoms. The van der Waals surface area contributed by atoms with Crippen LogP contribution in [0.5, 0.6) is 0 Å². The molecule has 0 N–H and O–H groups in total. The van der Waals surface area contributed by atoms with Crippen LogP contribution in [0.3, 0.4) is 0 Å². The molecule has 0 aromatic heterocycles. The third-order valence-corrected chi connectivity index (χ3v) is 7.84. The average molecular weight is 314 g/mol. The lowest BCUT2D eigenvalue weighted by Gasteiger charge is -2.55. The van der Waals surface area contributed by atoms with E-state index in [0.717, 1.165) is 50.4 Å². The minimum Gasteiger partial charge on any atom is -0.299 e. The summed E-state index contributed by atoms with van der Waals surface area (Å²) in [5.74, 6) is 4.32. The van der Waals surface area contributed by atoms with E-state index in [2.05, 4.69) is 13.8 Å². The van der Waals surface area contributed by atoms with Crippen LogP contribution in [-0.4, -0.2) is 11.6 Å². The van der Waals surface area contributed by atoms with Crippen molar-refractivity contribution in [3.8, 4) is 0 Å². The molecule has 0 heterocycles. The second-order valence-electron chi connectivity index (χ2n) is 8.85. The zero-order valence-electron chi connectivity index (χ0n) is 14.6. The molecule has 3 saturated carbocycles. The van der Waals surface area contributed by atoms with Crippen molar-refractivity contribution in [2.45, 2.75) is 71.6 Å². The molecule has 6 atom stereocenters. The molecule has 0 saturated heterocycles. The number of allylic oxidation sites excluding steroid dienone is 1. The van der Waals surface area contributed by atoms with Gasteiger partial charge < -0.3 is 0 Å². The Labute approximate surface area is 140 Å². The van der Waals surface area contributed by atoms with Gasteiger partial charge in [-0.3, -0.25) is 9.59 Å². The predicted molar refractivity (Wildman–Crippen MR) is 90.9 cm³/mol. The average Bonchev–Trinajstić information content (AvgIpc) is 2.83. The van der Waals surface area contributed by atoms with E-state index in [9.17, 15) is 9.59 Å². The summed E-state index contributed by atoms with van der Waals surface area (Å²) in [5, 5.41) is 0. The van der Waals surface area contributed by atoms with Gasteiger partial charge in [-0.05, 0) is 67.8 Å². The number of fused-ring (bicyclic) bond motifs is 5. The fourth-order valence-electron chi connectivity index (χ4n) is 6.82. The number of carbonyl (C=O) groups is 2. The molecule has 4 aliphatic rings. The fraction of sp³-hybridized carbons (Fsp3) is 0.810. The van der Waals surface area contributed by atoms with Crippen LogP contribution < -0.4 is 0 Å². The van der Waals surface area contributed by atoms with Crippen LogP contribution in [0.2, 0.25) is 0 Å². The van der Waals surface area contributed by atoms with Crippen LogP contribution in [0, 0.1) is 35.0 Å². The zero-order chi connectivity index (χ0) is 16.2. The van der Waals surface area contributed by atoms with E-state index < -0.39 is 0 Å². The Kier molecular flexibility index (Phi) is 3.77. The van der Waals surface area contributed by atoms with Crippen LogP contribution >= 0.6 is 0 Å². The van der Waals surface area contributed by atoms with Crippen LogP contribution in [0.4, 0.5) is 0 Å². The third-order valence-electron chi connectivity index (χ3n) is 7.84. The summed E-state index contributed by atoms with van der Waals surface area (Å²) in [7, 11) is 0. The van der Waals surface area contributed by atoms with Gasteiger partial charge in [0.05, 0.1) is 0 Å². The van der Waals surface area contributed by atoms with Crippen LogP contribution in [0.25, 0.3) is 0 Å². The Morgan fingerprint density at radius 3 is 2.78 bits per heavy atom. The van der Waals surface area contributed by atoms with Gasteiger partial charge in [-0.25, -0.2) is 0 Å². The first-order valence-corrected chi connectivity index (χ1v) is 9.81. The van der Waals surface area contributed by atoms with Crippen molar-refractivity contribution < 1.29 is 9.59 Å². The maximum atomic E-state index is 12.5. The van der Waals surface area contributed by atoms with E-state index in [4.69, 9.17) is 0 Å². The highest BCUT2D eigenvalue weighted by Gasteiger charge is 2.58. The lowest BCUT2D eigenvalue weighted by Crippen LogP contribution is -2.50. The standard InChI is InChI=1S/C21H30O2/c1-3-4-13-11-14-12-15(22)5-6-16(14)17-9-10-21(2)18(20(13)17)7-8-19(21)23/h12-13,16-18,20H,3-11H2,1-2H3/t13-,16?,17?,18?,20?,21+/m1/s1. The maximum Gasteiger partial charge on any atom is 0.155 e. The minimum atomic E-state index is -0.0289. The minimum absolute atomic E-state index is 0.0289. The second-order valence-corrected chi connectivity index (χ2v) is 8.85. The summed E-state index contributed by atoms with van der Waals surface area (Å²) in [5.41, 5.74) is 1.44. The molecule has 0 radical (unpaired) electrons. The Morgan fingerprint density at radius 2 is 2.00 bits per heavy atom. The molecular weight excluding hydrogens is 284 g/mol. The highest BCUT2D eigenvalue weighted by molar-refractivity contribution is 5.91. The van der Waals surface area contributed by atoms with Crippen molar-refractivity contribution >= 4 is 11.6 Å². The lowest BCUT2D eigenvalue weighted by atomic mass is 9.49. The quantitative estimate of drug-likeness (QED) is 0.739. The molecule has 23 heavy (non-hydrogen) atoms. The van der Waals surface area contributed by atoms with Crippen molar-refractivity contribution in [2.24, 2.45) is 35.0 Å².